The van der Waals surface area contributed by atoms with Gasteiger partial charge in [-0.3, -0.25) is 4.79 Å². The van der Waals surface area contributed by atoms with Crippen molar-refractivity contribution in [2.24, 2.45) is 0 Å². The minimum atomic E-state index is -0.485. The number of hydrogen-bond donors (Lipinski definition) is 1. The van der Waals surface area contributed by atoms with E-state index < -0.39 is 5.97 Å². The van der Waals surface area contributed by atoms with Crippen molar-refractivity contribution in [3.8, 4) is 0 Å². The molecule has 4 heteroatoms. The number of carbonyl (C=O) groups excluding carboxylic acids is 2. The summed E-state index contributed by atoms with van der Waals surface area (Å²) in [6.07, 6.45) is 0.802. The van der Waals surface area contributed by atoms with E-state index in [1.54, 1.807) is 12.1 Å². The van der Waals surface area contributed by atoms with Crippen LogP contribution in [-0.4, -0.2) is 24.0 Å². The molecule has 0 radical (unpaired) electrons. The highest BCUT2D eigenvalue weighted by Gasteiger charge is 2.19. The molecule has 0 saturated carbocycles. The molecule has 1 amide bonds. The second-order valence-electron chi connectivity index (χ2n) is 5.89. The molecule has 0 aliphatic heterocycles. The number of hydrogen-bond acceptors (Lipinski definition) is 3. The Balaban J connectivity index is 2.05. The Labute approximate surface area is 130 Å². The van der Waals surface area contributed by atoms with Crippen LogP contribution in [0.15, 0.2) is 42.5 Å². The summed E-state index contributed by atoms with van der Waals surface area (Å²) in [4.78, 5) is 24.0. The number of carbonyl (C=O) groups is 2. The van der Waals surface area contributed by atoms with Gasteiger partial charge in [0.25, 0.3) is 5.91 Å². The maximum atomic E-state index is 12.2. The van der Waals surface area contributed by atoms with Crippen LogP contribution < -0.4 is 5.32 Å². The first-order valence-corrected chi connectivity index (χ1v) is 7.39. The van der Waals surface area contributed by atoms with Crippen LogP contribution in [-0.2, 0) is 9.53 Å². The molecule has 0 aromatic heterocycles. The number of fused-ring (bicyclic) bond motifs is 1. The zero-order valence-electron chi connectivity index (χ0n) is 13.2. The summed E-state index contributed by atoms with van der Waals surface area (Å²) in [5, 5.41) is 4.62. The lowest BCUT2D eigenvalue weighted by Crippen LogP contribution is -2.44. The highest BCUT2D eigenvalue weighted by molar-refractivity contribution is 6.04. The van der Waals surface area contributed by atoms with E-state index in [0.717, 1.165) is 17.2 Å². The van der Waals surface area contributed by atoms with Crippen molar-refractivity contribution in [3.63, 3.8) is 0 Å². The number of benzene rings is 2. The fraction of sp³-hybridized carbons (Fsp3) is 0.333. The van der Waals surface area contributed by atoms with Crippen LogP contribution >= 0.6 is 0 Å². The van der Waals surface area contributed by atoms with E-state index >= 15 is 0 Å². The Morgan fingerprint density at radius 1 is 1.09 bits per heavy atom. The Morgan fingerprint density at radius 3 is 2.50 bits per heavy atom. The SMILES string of the molecule is CCC(C)(C)NC(=O)COC(=O)c1cccc2ccccc12. The minimum absolute atomic E-state index is 0.272. The van der Waals surface area contributed by atoms with Gasteiger partial charge < -0.3 is 10.1 Å². The average molecular weight is 299 g/mol. The van der Waals surface area contributed by atoms with Gasteiger partial charge in [0, 0.05) is 5.54 Å². The van der Waals surface area contributed by atoms with Crippen molar-refractivity contribution in [1.29, 1.82) is 0 Å². The predicted molar refractivity (Wildman–Crippen MR) is 86.7 cm³/mol. The lowest BCUT2D eigenvalue weighted by atomic mass is 10.0. The van der Waals surface area contributed by atoms with Gasteiger partial charge in [0.1, 0.15) is 0 Å². The third-order valence-corrected chi connectivity index (χ3v) is 3.71. The van der Waals surface area contributed by atoms with E-state index in [0.29, 0.717) is 5.56 Å². The van der Waals surface area contributed by atoms with E-state index in [1.807, 2.05) is 51.1 Å². The topological polar surface area (TPSA) is 55.4 Å². The zero-order chi connectivity index (χ0) is 16.2. The summed E-state index contributed by atoms with van der Waals surface area (Å²) in [6.45, 7) is 5.57. The second kappa shape index (κ2) is 6.60. The van der Waals surface area contributed by atoms with Crippen LogP contribution in [0.5, 0.6) is 0 Å². The van der Waals surface area contributed by atoms with E-state index in [4.69, 9.17) is 4.74 Å². The Bertz CT molecular complexity index is 686. The van der Waals surface area contributed by atoms with Gasteiger partial charge in [0.05, 0.1) is 5.56 Å². The third kappa shape index (κ3) is 3.85. The highest BCUT2D eigenvalue weighted by atomic mass is 16.5. The van der Waals surface area contributed by atoms with Gasteiger partial charge in [-0.15, -0.1) is 0 Å². The molecular weight excluding hydrogens is 278 g/mol. The monoisotopic (exact) mass is 299 g/mol. The van der Waals surface area contributed by atoms with E-state index in [1.165, 1.54) is 0 Å². The molecule has 4 nitrogen and oxygen atoms in total. The van der Waals surface area contributed by atoms with E-state index in [9.17, 15) is 9.59 Å². The second-order valence-corrected chi connectivity index (χ2v) is 5.89. The molecule has 0 heterocycles. The maximum absolute atomic E-state index is 12.2. The molecule has 0 saturated heterocycles. The van der Waals surface area contributed by atoms with Gasteiger partial charge in [-0.1, -0.05) is 43.3 Å². The molecule has 0 aliphatic carbocycles. The number of rotatable bonds is 5. The van der Waals surface area contributed by atoms with Gasteiger partial charge in [-0.25, -0.2) is 4.79 Å². The molecule has 22 heavy (non-hydrogen) atoms. The number of nitrogens with one attached hydrogen (secondary N) is 1. The van der Waals surface area contributed by atoms with Crippen LogP contribution in [0.2, 0.25) is 0 Å². The Hall–Kier alpha value is -2.36. The van der Waals surface area contributed by atoms with Crippen molar-refractivity contribution in [2.75, 3.05) is 6.61 Å². The van der Waals surface area contributed by atoms with Crippen molar-refractivity contribution in [2.45, 2.75) is 32.7 Å². The fourth-order valence-corrected chi connectivity index (χ4v) is 2.11. The molecule has 0 spiro atoms. The standard InChI is InChI=1S/C18H21NO3/c1-4-18(2,3)19-16(20)12-22-17(21)15-11-7-9-13-8-5-6-10-14(13)15/h5-11H,4,12H2,1-3H3,(H,19,20). The summed E-state index contributed by atoms with van der Waals surface area (Å²) < 4.78 is 5.14. The molecule has 0 unspecified atom stereocenters. The maximum Gasteiger partial charge on any atom is 0.339 e. The Kier molecular flexibility index (Phi) is 4.81. The summed E-state index contributed by atoms with van der Waals surface area (Å²) in [5.41, 5.74) is 0.170. The molecule has 0 atom stereocenters. The van der Waals surface area contributed by atoms with Gasteiger partial charge in [-0.05, 0) is 37.1 Å². The molecule has 0 bridgehead atoms. The minimum Gasteiger partial charge on any atom is -0.452 e. The van der Waals surface area contributed by atoms with Crippen LogP contribution in [0.4, 0.5) is 0 Å². The highest BCUT2D eigenvalue weighted by Crippen LogP contribution is 2.19. The van der Waals surface area contributed by atoms with Crippen LogP contribution in [0, 0.1) is 0 Å². The molecular formula is C18H21NO3. The Morgan fingerprint density at radius 2 is 1.77 bits per heavy atom. The van der Waals surface area contributed by atoms with Crippen LogP contribution in [0.3, 0.4) is 0 Å². The first-order chi connectivity index (χ1) is 10.4. The van der Waals surface area contributed by atoms with Gasteiger partial charge in [0.15, 0.2) is 6.61 Å². The van der Waals surface area contributed by atoms with Gasteiger partial charge in [0.2, 0.25) is 0 Å². The lowest BCUT2D eigenvalue weighted by Gasteiger charge is -2.24. The third-order valence-electron chi connectivity index (χ3n) is 3.71. The molecule has 2 aromatic rings. The first-order valence-electron chi connectivity index (χ1n) is 7.39. The molecule has 0 fully saturated rings. The van der Waals surface area contributed by atoms with Crippen molar-refractivity contribution < 1.29 is 14.3 Å². The molecule has 0 aliphatic rings. The van der Waals surface area contributed by atoms with E-state index in [-0.39, 0.29) is 18.1 Å². The normalized spacial score (nSPS) is 11.2. The average Bonchev–Trinajstić information content (AvgIpc) is 2.51. The summed E-state index contributed by atoms with van der Waals surface area (Å²) in [5.74, 6) is -0.776. The zero-order valence-corrected chi connectivity index (χ0v) is 13.2. The van der Waals surface area contributed by atoms with Crippen LogP contribution in [0.25, 0.3) is 10.8 Å². The molecule has 2 aromatic carbocycles. The molecule has 2 rings (SSSR count). The predicted octanol–water partition coefficient (Wildman–Crippen LogP) is 3.30. The van der Waals surface area contributed by atoms with Crippen molar-refractivity contribution >= 4 is 22.6 Å². The summed E-state index contributed by atoms with van der Waals surface area (Å²) >= 11 is 0. The lowest BCUT2D eigenvalue weighted by molar-refractivity contribution is -0.125. The van der Waals surface area contributed by atoms with Crippen LogP contribution in [0.1, 0.15) is 37.6 Å². The number of esters is 1. The molecule has 1 N–H and O–H groups in total. The number of amides is 1. The summed E-state index contributed by atoms with van der Waals surface area (Å²) in [6, 6.07) is 13.0. The van der Waals surface area contributed by atoms with Gasteiger partial charge >= 0.3 is 5.97 Å². The quantitative estimate of drug-likeness (QED) is 0.862. The van der Waals surface area contributed by atoms with Crippen molar-refractivity contribution in [3.05, 3.63) is 48.0 Å². The fourth-order valence-electron chi connectivity index (χ4n) is 2.11. The van der Waals surface area contributed by atoms with Gasteiger partial charge in [-0.2, -0.15) is 0 Å². The van der Waals surface area contributed by atoms with Crippen molar-refractivity contribution in [1.82, 2.24) is 5.32 Å². The summed E-state index contributed by atoms with van der Waals surface area (Å²) in [7, 11) is 0. The first kappa shape index (κ1) is 16.0. The molecule has 116 valence electrons. The van der Waals surface area contributed by atoms with E-state index in [2.05, 4.69) is 5.32 Å². The smallest absolute Gasteiger partial charge is 0.339 e. The number of ether oxygens (including phenoxy) is 1. The largest absolute Gasteiger partial charge is 0.452 e.